The highest BCUT2D eigenvalue weighted by atomic mass is 35.5. The van der Waals surface area contributed by atoms with Crippen LogP contribution in [0.4, 0.5) is 5.69 Å². The van der Waals surface area contributed by atoms with Crippen LogP contribution >= 0.6 is 23.2 Å². The molecule has 32 heavy (non-hydrogen) atoms. The van der Waals surface area contributed by atoms with Gasteiger partial charge >= 0.3 is 0 Å². The number of hydrogen-bond acceptors (Lipinski definition) is 6. The molecule has 168 valence electrons. The molecule has 1 unspecified atom stereocenters. The molecule has 0 radical (unpaired) electrons. The molecule has 11 heteroatoms. The summed E-state index contributed by atoms with van der Waals surface area (Å²) in [5, 5.41) is 4.15. The van der Waals surface area contributed by atoms with Crippen LogP contribution in [0.2, 0.25) is 10.0 Å². The highest BCUT2D eigenvalue weighted by molar-refractivity contribution is 7.92. The van der Waals surface area contributed by atoms with Crippen LogP contribution in [0.5, 0.6) is 0 Å². The molecular formula is C21H20Cl2N4O4S. The number of aromatic nitrogens is 2. The van der Waals surface area contributed by atoms with Crippen molar-refractivity contribution in [1.29, 1.82) is 0 Å². The second kappa shape index (κ2) is 9.09. The van der Waals surface area contributed by atoms with Crippen LogP contribution in [-0.2, 0) is 10.0 Å². The van der Waals surface area contributed by atoms with E-state index in [2.05, 4.69) is 14.9 Å². The lowest BCUT2D eigenvalue weighted by molar-refractivity contribution is 0.0695. The number of benzene rings is 2. The summed E-state index contributed by atoms with van der Waals surface area (Å²) in [6.45, 7) is 2.88. The monoisotopic (exact) mass is 494 g/mol. The van der Waals surface area contributed by atoms with Gasteiger partial charge in [0.1, 0.15) is 4.90 Å². The van der Waals surface area contributed by atoms with E-state index in [0.717, 1.165) is 12.8 Å². The lowest BCUT2D eigenvalue weighted by atomic mass is 9.97. The molecule has 0 spiro atoms. The zero-order valence-electron chi connectivity index (χ0n) is 17.1. The smallest absolute Gasteiger partial charge is 0.263 e. The van der Waals surface area contributed by atoms with Crippen molar-refractivity contribution in [2.45, 2.75) is 30.6 Å². The van der Waals surface area contributed by atoms with Crippen LogP contribution in [0, 0.1) is 6.92 Å². The number of aryl methyl sites for hydroxylation is 1. The van der Waals surface area contributed by atoms with Gasteiger partial charge in [0.05, 0.1) is 10.9 Å². The average Bonchev–Trinajstić information content (AvgIpc) is 3.21. The van der Waals surface area contributed by atoms with Crippen LogP contribution < -0.4 is 4.72 Å². The molecule has 1 atom stereocenters. The third-order valence-corrected chi connectivity index (χ3v) is 7.27. The third kappa shape index (κ3) is 4.90. The van der Waals surface area contributed by atoms with Crippen molar-refractivity contribution >= 4 is 44.8 Å². The number of carbonyl (C=O) groups is 1. The van der Waals surface area contributed by atoms with Gasteiger partial charge in [-0.1, -0.05) is 28.4 Å². The Balaban J connectivity index is 1.46. The van der Waals surface area contributed by atoms with Crippen molar-refractivity contribution in [3.8, 4) is 0 Å². The van der Waals surface area contributed by atoms with Crippen LogP contribution in [0.1, 0.15) is 40.8 Å². The minimum Gasteiger partial charge on any atom is -0.339 e. The Morgan fingerprint density at radius 2 is 1.94 bits per heavy atom. The first kappa shape index (κ1) is 22.6. The first-order chi connectivity index (χ1) is 15.2. The number of amides is 1. The molecule has 2 heterocycles. The van der Waals surface area contributed by atoms with E-state index in [-0.39, 0.29) is 26.8 Å². The Bertz CT molecular complexity index is 1240. The number of rotatable bonds is 5. The van der Waals surface area contributed by atoms with E-state index in [9.17, 15) is 13.2 Å². The van der Waals surface area contributed by atoms with Crippen molar-refractivity contribution < 1.29 is 17.7 Å². The van der Waals surface area contributed by atoms with E-state index in [1.807, 2.05) is 0 Å². The van der Waals surface area contributed by atoms with Gasteiger partial charge in [-0.05, 0) is 62.2 Å². The summed E-state index contributed by atoms with van der Waals surface area (Å²) in [4.78, 5) is 18.9. The molecule has 8 nitrogen and oxygen atoms in total. The fourth-order valence-corrected chi connectivity index (χ4v) is 5.42. The molecule has 1 aliphatic rings. The number of likely N-dealkylation sites (tertiary alicyclic amines) is 1. The Morgan fingerprint density at radius 3 is 2.62 bits per heavy atom. The van der Waals surface area contributed by atoms with Crippen molar-refractivity contribution in [2.75, 3.05) is 17.8 Å². The third-order valence-electron chi connectivity index (χ3n) is 5.17. The predicted molar refractivity (Wildman–Crippen MR) is 121 cm³/mol. The van der Waals surface area contributed by atoms with E-state index in [1.54, 1.807) is 24.0 Å². The number of sulfonamides is 1. The molecule has 0 bridgehead atoms. The summed E-state index contributed by atoms with van der Waals surface area (Å²) >= 11 is 11.9. The predicted octanol–water partition coefficient (Wildman–Crippen LogP) is 4.51. The molecule has 1 aliphatic heterocycles. The van der Waals surface area contributed by atoms with Gasteiger partial charge in [-0.3, -0.25) is 9.52 Å². The molecule has 1 fully saturated rings. The highest BCUT2D eigenvalue weighted by Crippen LogP contribution is 2.28. The number of anilines is 1. The average molecular weight is 495 g/mol. The van der Waals surface area contributed by atoms with E-state index < -0.39 is 10.0 Å². The second-order valence-corrected chi connectivity index (χ2v) is 10.0. The lowest BCUT2D eigenvalue weighted by Crippen LogP contribution is -2.39. The van der Waals surface area contributed by atoms with Crippen molar-refractivity contribution in [3.63, 3.8) is 0 Å². The lowest BCUT2D eigenvalue weighted by Gasteiger charge is -2.31. The maximum atomic E-state index is 13.0. The number of piperidine rings is 1. The molecule has 1 saturated heterocycles. The minimum absolute atomic E-state index is 0.00225. The zero-order chi connectivity index (χ0) is 22.9. The van der Waals surface area contributed by atoms with Gasteiger partial charge in [0.2, 0.25) is 5.89 Å². The minimum atomic E-state index is -3.94. The molecule has 1 N–H and O–H groups in total. The Morgan fingerprint density at radius 1 is 1.19 bits per heavy atom. The van der Waals surface area contributed by atoms with Crippen molar-refractivity contribution in [3.05, 3.63) is 69.8 Å². The van der Waals surface area contributed by atoms with Gasteiger partial charge in [-0.15, -0.1) is 0 Å². The summed E-state index contributed by atoms with van der Waals surface area (Å²) in [6, 6.07) is 10.4. The molecule has 0 aliphatic carbocycles. The fraction of sp³-hybridized carbons (Fsp3) is 0.286. The summed E-state index contributed by atoms with van der Waals surface area (Å²) in [6.07, 6.45) is 1.70. The molecule has 4 rings (SSSR count). The normalized spacial score (nSPS) is 16.7. The zero-order valence-corrected chi connectivity index (χ0v) is 19.4. The number of hydrogen-bond donors (Lipinski definition) is 1. The van der Waals surface area contributed by atoms with E-state index >= 15 is 0 Å². The summed E-state index contributed by atoms with van der Waals surface area (Å²) in [5.74, 6) is 0.977. The van der Waals surface area contributed by atoms with Crippen molar-refractivity contribution in [1.82, 2.24) is 15.0 Å². The fourth-order valence-electron chi connectivity index (χ4n) is 3.60. The van der Waals surface area contributed by atoms with Gasteiger partial charge < -0.3 is 9.42 Å². The van der Waals surface area contributed by atoms with Crippen LogP contribution in [-0.4, -0.2) is 42.5 Å². The Labute approximate surface area is 195 Å². The molecule has 3 aromatic rings. The number of halogens is 2. The van der Waals surface area contributed by atoms with E-state index in [4.69, 9.17) is 27.7 Å². The summed E-state index contributed by atoms with van der Waals surface area (Å²) in [5.41, 5.74) is 0.756. The maximum absolute atomic E-state index is 13.0. The van der Waals surface area contributed by atoms with Crippen LogP contribution in [0.15, 0.2) is 51.9 Å². The largest absolute Gasteiger partial charge is 0.339 e. The molecule has 0 saturated carbocycles. The SMILES string of the molecule is Cc1noc(C2CCCN(C(=O)c3ccc(NS(=O)(=O)c4cc(Cl)ccc4Cl)cc3)C2)n1. The van der Waals surface area contributed by atoms with Crippen LogP contribution in [0.25, 0.3) is 0 Å². The number of carbonyl (C=O) groups excluding carboxylic acids is 1. The Kier molecular flexibility index (Phi) is 6.41. The van der Waals surface area contributed by atoms with Crippen LogP contribution in [0.3, 0.4) is 0 Å². The molecule has 2 aromatic carbocycles. The standard InChI is InChI=1S/C21H20Cl2N4O4S/c1-13-24-20(31-25-13)15-3-2-10-27(12-15)21(28)14-4-7-17(8-5-14)26-32(29,30)19-11-16(22)6-9-18(19)23/h4-9,11,15,26H,2-3,10,12H2,1H3. The summed E-state index contributed by atoms with van der Waals surface area (Å²) < 4.78 is 33.1. The molecule has 1 amide bonds. The quantitative estimate of drug-likeness (QED) is 0.559. The molecular weight excluding hydrogens is 475 g/mol. The maximum Gasteiger partial charge on any atom is 0.263 e. The first-order valence-electron chi connectivity index (χ1n) is 9.90. The topological polar surface area (TPSA) is 105 Å². The molecule has 1 aromatic heterocycles. The second-order valence-electron chi connectivity index (χ2n) is 7.53. The number of nitrogens with one attached hydrogen (secondary N) is 1. The van der Waals surface area contributed by atoms with Gasteiger partial charge in [0.25, 0.3) is 15.9 Å². The van der Waals surface area contributed by atoms with Crippen molar-refractivity contribution in [2.24, 2.45) is 0 Å². The highest BCUT2D eigenvalue weighted by Gasteiger charge is 2.29. The Hall–Kier alpha value is -2.62. The van der Waals surface area contributed by atoms with Gasteiger partial charge in [0.15, 0.2) is 5.82 Å². The van der Waals surface area contributed by atoms with Gasteiger partial charge in [-0.25, -0.2) is 8.42 Å². The van der Waals surface area contributed by atoms with E-state index in [0.29, 0.717) is 36.1 Å². The number of nitrogens with zero attached hydrogens (tertiary/aromatic N) is 3. The first-order valence-corrected chi connectivity index (χ1v) is 12.1. The summed E-state index contributed by atoms with van der Waals surface area (Å²) in [7, 11) is -3.94. The van der Waals surface area contributed by atoms with E-state index in [1.165, 1.54) is 30.3 Å². The van der Waals surface area contributed by atoms with Gasteiger partial charge in [0, 0.05) is 29.4 Å². The van der Waals surface area contributed by atoms with Gasteiger partial charge in [-0.2, -0.15) is 4.98 Å².